The standard InChI is InChI=1S/C21H25NO4S/c1-25-20(23)12-13-26-17-10-7-6-9-16(17)22-21(24)19-14-15-8-4-2-3-5-11-18(15)27-19/h6-7,9-10,14H,2-5,8,11-13H2,1H3,(H,22,24). The molecular weight excluding hydrogens is 362 g/mol. The van der Waals surface area contributed by atoms with E-state index in [0.717, 1.165) is 17.7 Å². The molecule has 1 aliphatic carbocycles. The number of aryl methyl sites for hydroxylation is 2. The van der Waals surface area contributed by atoms with Crippen molar-refractivity contribution in [1.29, 1.82) is 0 Å². The molecule has 0 unspecified atom stereocenters. The average Bonchev–Trinajstić information content (AvgIpc) is 3.05. The van der Waals surface area contributed by atoms with Crippen molar-refractivity contribution >= 4 is 28.9 Å². The fourth-order valence-electron chi connectivity index (χ4n) is 3.18. The Morgan fingerprint density at radius 1 is 1.11 bits per heavy atom. The molecule has 0 radical (unpaired) electrons. The van der Waals surface area contributed by atoms with Crippen LogP contribution < -0.4 is 10.1 Å². The second kappa shape index (κ2) is 9.55. The highest BCUT2D eigenvalue weighted by Gasteiger charge is 2.17. The highest BCUT2D eigenvalue weighted by molar-refractivity contribution is 7.14. The molecule has 27 heavy (non-hydrogen) atoms. The van der Waals surface area contributed by atoms with E-state index in [4.69, 9.17) is 4.74 Å². The molecule has 144 valence electrons. The summed E-state index contributed by atoms with van der Waals surface area (Å²) < 4.78 is 10.3. The summed E-state index contributed by atoms with van der Waals surface area (Å²) in [5.41, 5.74) is 1.93. The van der Waals surface area contributed by atoms with Crippen LogP contribution in [0.25, 0.3) is 0 Å². The van der Waals surface area contributed by atoms with Crippen LogP contribution in [0.2, 0.25) is 0 Å². The molecule has 0 aliphatic heterocycles. The van der Waals surface area contributed by atoms with Crippen LogP contribution in [0.1, 0.15) is 52.2 Å². The lowest BCUT2D eigenvalue weighted by Gasteiger charge is -2.11. The van der Waals surface area contributed by atoms with E-state index in [2.05, 4.69) is 10.1 Å². The Balaban J connectivity index is 1.67. The number of ether oxygens (including phenoxy) is 2. The van der Waals surface area contributed by atoms with Gasteiger partial charge >= 0.3 is 5.97 Å². The van der Waals surface area contributed by atoms with Crippen molar-refractivity contribution in [2.24, 2.45) is 0 Å². The van der Waals surface area contributed by atoms with Crippen LogP contribution in [0.5, 0.6) is 5.75 Å². The zero-order chi connectivity index (χ0) is 19.1. The lowest BCUT2D eigenvalue weighted by molar-refractivity contribution is -0.141. The largest absolute Gasteiger partial charge is 0.491 e. The number of amides is 1. The number of carbonyl (C=O) groups is 2. The molecule has 0 saturated carbocycles. The monoisotopic (exact) mass is 387 g/mol. The quantitative estimate of drug-likeness (QED) is 0.736. The van der Waals surface area contributed by atoms with Gasteiger partial charge in [0, 0.05) is 4.88 Å². The third kappa shape index (κ3) is 5.32. The highest BCUT2D eigenvalue weighted by Crippen LogP contribution is 2.30. The van der Waals surface area contributed by atoms with Crippen LogP contribution in [0, 0.1) is 0 Å². The van der Waals surface area contributed by atoms with Gasteiger partial charge in [0.2, 0.25) is 0 Å². The second-order valence-electron chi connectivity index (χ2n) is 6.60. The molecule has 3 rings (SSSR count). The van der Waals surface area contributed by atoms with Gasteiger partial charge < -0.3 is 14.8 Å². The topological polar surface area (TPSA) is 64.6 Å². The number of esters is 1. The molecule has 0 fully saturated rings. The molecule has 6 heteroatoms. The second-order valence-corrected chi connectivity index (χ2v) is 7.73. The lowest BCUT2D eigenvalue weighted by Crippen LogP contribution is -2.13. The van der Waals surface area contributed by atoms with Gasteiger partial charge in [0.25, 0.3) is 5.91 Å². The number of hydrogen-bond acceptors (Lipinski definition) is 5. The summed E-state index contributed by atoms with van der Waals surface area (Å²) in [6.45, 7) is 0.201. The number of rotatable bonds is 6. The van der Waals surface area contributed by atoms with Gasteiger partial charge in [-0.25, -0.2) is 0 Å². The molecule has 0 saturated heterocycles. The summed E-state index contributed by atoms with van der Waals surface area (Å²) in [4.78, 5) is 26.1. The summed E-state index contributed by atoms with van der Waals surface area (Å²) in [5, 5.41) is 2.95. The normalized spacial score (nSPS) is 13.8. The zero-order valence-corrected chi connectivity index (χ0v) is 16.4. The van der Waals surface area contributed by atoms with E-state index in [0.29, 0.717) is 11.4 Å². The first-order valence-corrected chi connectivity index (χ1v) is 10.2. The van der Waals surface area contributed by atoms with Crippen LogP contribution in [0.3, 0.4) is 0 Å². The first kappa shape index (κ1) is 19.4. The minimum Gasteiger partial charge on any atom is -0.491 e. The maximum Gasteiger partial charge on any atom is 0.308 e. The molecule has 1 heterocycles. The number of methoxy groups -OCH3 is 1. The van der Waals surface area contributed by atoms with E-state index in [-0.39, 0.29) is 24.9 Å². The Kier molecular flexibility index (Phi) is 6.87. The van der Waals surface area contributed by atoms with Crippen molar-refractivity contribution in [3.05, 3.63) is 45.6 Å². The van der Waals surface area contributed by atoms with E-state index in [9.17, 15) is 9.59 Å². The smallest absolute Gasteiger partial charge is 0.308 e. The number of fused-ring (bicyclic) bond motifs is 1. The van der Waals surface area contributed by atoms with Crippen LogP contribution in [0.4, 0.5) is 5.69 Å². The molecular formula is C21H25NO4S. The summed E-state index contributed by atoms with van der Waals surface area (Å²) in [6, 6.07) is 9.30. The molecule has 1 N–H and O–H groups in total. The third-order valence-electron chi connectivity index (χ3n) is 4.65. The highest BCUT2D eigenvalue weighted by atomic mass is 32.1. The average molecular weight is 388 g/mol. The van der Waals surface area contributed by atoms with E-state index >= 15 is 0 Å². The van der Waals surface area contributed by atoms with Gasteiger partial charge in [-0.05, 0) is 49.4 Å². The molecule has 0 spiro atoms. The Morgan fingerprint density at radius 2 is 1.89 bits per heavy atom. The van der Waals surface area contributed by atoms with Crippen molar-refractivity contribution in [1.82, 2.24) is 0 Å². The van der Waals surface area contributed by atoms with Crippen molar-refractivity contribution in [3.63, 3.8) is 0 Å². The summed E-state index contributed by atoms with van der Waals surface area (Å²) in [7, 11) is 1.35. The Bertz CT molecular complexity index is 774. The van der Waals surface area contributed by atoms with Gasteiger partial charge in [-0.15, -0.1) is 11.3 Å². The Hall–Kier alpha value is -2.34. The van der Waals surface area contributed by atoms with Crippen molar-refractivity contribution < 1.29 is 19.1 Å². The molecule has 0 atom stereocenters. The van der Waals surface area contributed by atoms with E-state index in [1.807, 2.05) is 18.2 Å². The summed E-state index contributed by atoms with van der Waals surface area (Å²) in [6.07, 6.45) is 7.23. The zero-order valence-electron chi connectivity index (χ0n) is 15.6. The molecule has 0 bridgehead atoms. The van der Waals surface area contributed by atoms with Crippen molar-refractivity contribution in [2.45, 2.75) is 44.9 Å². The fourth-order valence-corrected chi connectivity index (χ4v) is 4.33. The van der Waals surface area contributed by atoms with Crippen LogP contribution >= 0.6 is 11.3 Å². The molecule has 1 aromatic heterocycles. The fraction of sp³-hybridized carbons (Fsp3) is 0.429. The molecule has 2 aromatic rings. The van der Waals surface area contributed by atoms with Gasteiger partial charge in [0.15, 0.2) is 0 Å². The van der Waals surface area contributed by atoms with E-state index in [1.165, 1.54) is 43.2 Å². The maximum atomic E-state index is 12.8. The predicted octanol–water partition coefficient (Wildman–Crippen LogP) is 4.60. The SMILES string of the molecule is COC(=O)CCOc1ccccc1NC(=O)c1cc2c(s1)CCCCCC2. The van der Waals surface area contributed by atoms with Crippen LogP contribution in [0.15, 0.2) is 30.3 Å². The molecule has 1 aromatic carbocycles. The number of hydrogen-bond donors (Lipinski definition) is 1. The maximum absolute atomic E-state index is 12.8. The number of benzene rings is 1. The Labute approximate surface area is 163 Å². The summed E-state index contributed by atoms with van der Waals surface area (Å²) in [5.74, 6) is 0.105. The third-order valence-corrected chi connectivity index (χ3v) is 5.88. The number of para-hydroxylation sites is 2. The lowest BCUT2D eigenvalue weighted by atomic mass is 10.00. The molecule has 1 amide bonds. The van der Waals surface area contributed by atoms with E-state index in [1.54, 1.807) is 23.5 Å². The number of carbonyl (C=O) groups excluding carboxylic acids is 2. The summed E-state index contributed by atoms with van der Waals surface area (Å²) >= 11 is 1.60. The number of thiophene rings is 1. The first-order chi connectivity index (χ1) is 13.2. The predicted molar refractivity (Wildman–Crippen MR) is 107 cm³/mol. The molecule has 5 nitrogen and oxygen atoms in total. The minimum atomic E-state index is -0.326. The van der Waals surface area contributed by atoms with Gasteiger partial charge in [-0.1, -0.05) is 25.0 Å². The van der Waals surface area contributed by atoms with Gasteiger partial charge in [0.05, 0.1) is 30.7 Å². The van der Waals surface area contributed by atoms with Gasteiger partial charge in [-0.2, -0.15) is 0 Å². The first-order valence-electron chi connectivity index (χ1n) is 9.39. The number of nitrogens with one attached hydrogen (secondary N) is 1. The van der Waals surface area contributed by atoms with E-state index < -0.39 is 0 Å². The Morgan fingerprint density at radius 3 is 2.70 bits per heavy atom. The molecule has 1 aliphatic rings. The number of anilines is 1. The van der Waals surface area contributed by atoms with Gasteiger partial charge in [-0.3, -0.25) is 9.59 Å². The minimum absolute atomic E-state index is 0.115. The van der Waals surface area contributed by atoms with Crippen LogP contribution in [-0.2, 0) is 22.4 Å². The van der Waals surface area contributed by atoms with Crippen LogP contribution in [-0.4, -0.2) is 25.6 Å². The van der Waals surface area contributed by atoms with Gasteiger partial charge in [0.1, 0.15) is 5.75 Å². The van der Waals surface area contributed by atoms with Crippen molar-refractivity contribution in [3.8, 4) is 5.75 Å². The van der Waals surface area contributed by atoms with Crippen molar-refractivity contribution in [2.75, 3.05) is 19.0 Å².